The zero-order chi connectivity index (χ0) is 15.9. The van der Waals surface area contributed by atoms with Crippen LogP contribution in [-0.4, -0.2) is 55.5 Å². The second-order valence-electron chi connectivity index (χ2n) is 5.97. The van der Waals surface area contributed by atoms with Gasteiger partial charge in [0.1, 0.15) is 6.16 Å². The Morgan fingerprint density at radius 2 is 1.95 bits per heavy atom. The van der Waals surface area contributed by atoms with E-state index in [1.54, 1.807) is 6.08 Å². The molecule has 4 nitrogen and oxygen atoms in total. The monoisotopic (exact) mass is 310 g/mol. The second kappa shape index (κ2) is 8.42. The Labute approximate surface area is 128 Å². The van der Waals surface area contributed by atoms with Crippen LogP contribution in [0.25, 0.3) is 6.08 Å². The molecule has 1 aromatic carbocycles. The Kier molecular flexibility index (Phi) is 7.23. The van der Waals surface area contributed by atoms with E-state index in [0.717, 1.165) is 11.1 Å². The van der Waals surface area contributed by atoms with Gasteiger partial charge in [-0.2, -0.15) is 0 Å². The maximum absolute atomic E-state index is 11.9. The quantitative estimate of drug-likeness (QED) is 0.453. The average molecular weight is 310 g/mol. The first-order chi connectivity index (χ1) is 9.81. The van der Waals surface area contributed by atoms with Crippen molar-refractivity contribution in [2.45, 2.75) is 6.61 Å². The molecule has 0 aliphatic carbocycles. The highest BCUT2D eigenvalue weighted by molar-refractivity contribution is 7.51. The lowest BCUT2D eigenvalue weighted by Crippen LogP contribution is -2.39. The molecule has 1 unspecified atom stereocenters. The molecule has 0 amide bonds. The van der Waals surface area contributed by atoms with Crippen LogP contribution in [-0.2, 0) is 11.3 Å². The molecule has 1 aromatic rings. The molecule has 0 bridgehead atoms. The molecule has 0 spiro atoms. The van der Waals surface area contributed by atoms with Crippen molar-refractivity contribution in [3.63, 3.8) is 0 Å². The first kappa shape index (κ1) is 18.0. The van der Waals surface area contributed by atoms with E-state index in [4.69, 9.17) is 4.74 Å². The lowest BCUT2D eigenvalue weighted by Gasteiger charge is -2.22. The fraction of sp³-hybridized carbons (Fsp3) is 0.438. The number of aliphatic hydroxyl groups is 1. The Morgan fingerprint density at radius 1 is 1.33 bits per heavy atom. The largest absolute Gasteiger partial charge is 0.628 e. The molecule has 0 radical (unpaired) electrons. The molecule has 0 aromatic heterocycles. The van der Waals surface area contributed by atoms with E-state index >= 15 is 0 Å². The standard InChI is InChI=1S/C16H24NO3P/c1-5-14-6-8-15(9-7-14)13-20-10-11-21(19)16(18)12-17(2,3)4/h5-9H,1,10-13H2,2-4H3/p+1. The summed E-state index contributed by atoms with van der Waals surface area (Å²) < 4.78 is 6.06. The van der Waals surface area contributed by atoms with Crippen molar-refractivity contribution < 1.29 is 19.2 Å². The Balaban J connectivity index is 2.35. The van der Waals surface area contributed by atoms with Crippen LogP contribution in [0.5, 0.6) is 0 Å². The first-order valence-electron chi connectivity index (χ1n) is 6.91. The first-order valence-corrected chi connectivity index (χ1v) is 8.35. The van der Waals surface area contributed by atoms with Crippen molar-refractivity contribution in [1.82, 2.24) is 0 Å². The van der Waals surface area contributed by atoms with E-state index in [-0.39, 0.29) is 5.48 Å². The number of hydrogen-bond donors (Lipinski definition) is 1. The fourth-order valence-electron chi connectivity index (χ4n) is 1.72. The summed E-state index contributed by atoms with van der Waals surface area (Å²) in [4.78, 5) is 11.9. The third-order valence-corrected chi connectivity index (χ3v) is 4.13. The Hall–Kier alpha value is -1.03. The van der Waals surface area contributed by atoms with Gasteiger partial charge in [-0.05, 0) is 11.1 Å². The topological polar surface area (TPSA) is 52.5 Å². The maximum atomic E-state index is 11.9. The highest BCUT2D eigenvalue weighted by atomic mass is 31.1. The second-order valence-corrected chi connectivity index (χ2v) is 7.69. The number of benzene rings is 1. The number of likely N-dealkylation sites (N-methyl/N-ethyl adjacent to an activating group) is 1. The van der Waals surface area contributed by atoms with E-state index in [0.29, 0.717) is 30.4 Å². The van der Waals surface area contributed by atoms with Gasteiger partial charge in [-0.15, -0.1) is 0 Å². The van der Waals surface area contributed by atoms with Crippen molar-refractivity contribution in [2.24, 2.45) is 0 Å². The van der Waals surface area contributed by atoms with E-state index < -0.39 is 7.77 Å². The molecule has 1 rings (SSSR count). The van der Waals surface area contributed by atoms with Crippen molar-refractivity contribution in [1.29, 1.82) is 0 Å². The summed E-state index contributed by atoms with van der Waals surface area (Å²) in [6.07, 6.45) is 2.15. The number of hydrogen-bond acceptors (Lipinski definition) is 2. The van der Waals surface area contributed by atoms with Gasteiger partial charge in [-0.25, -0.2) is 0 Å². The molecule has 0 aliphatic heterocycles. The number of aliphatic hydroxyl groups excluding tert-OH is 1. The molecule has 0 aliphatic rings. The summed E-state index contributed by atoms with van der Waals surface area (Å²) in [7, 11) is 4.12. The number of rotatable bonds is 8. The van der Waals surface area contributed by atoms with Gasteiger partial charge in [-0.3, -0.25) is 0 Å². The van der Waals surface area contributed by atoms with Gasteiger partial charge in [0.25, 0.3) is 5.48 Å². The fourth-order valence-corrected chi connectivity index (χ4v) is 2.85. The summed E-state index contributed by atoms with van der Waals surface area (Å²) >= 11 is 0. The molecule has 0 saturated heterocycles. The van der Waals surface area contributed by atoms with Gasteiger partial charge < -0.3 is 19.2 Å². The normalized spacial score (nSPS) is 13.0. The van der Waals surface area contributed by atoms with Crippen molar-refractivity contribution in [2.75, 3.05) is 40.5 Å². The Morgan fingerprint density at radius 3 is 2.48 bits per heavy atom. The molecule has 0 heterocycles. The summed E-state index contributed by atoms with van der Waals surface area (Å²) in [5.74, 6) is 0. The minimum atomic E-state index is -1.73. The summed E-state index contributed by atoms with van der Waals surface area (Å²) in [5, 5.41) is 9.78. The minimum absolute atomic E-state index is 0.0661. The van der Waals surface area contributed by atoms with Crippen LogP contribution in [0, 0.1) is 0 Å². The summed E-state index contributed by atoms with van der Waals surface area (Å²) in [6, 6.07) is 7.93. The van der Waals surface area contributed by atoms with Crippen molar-refractivity contribution >= 4 is 19.3 Å². The van der Waals surface area contributed by atoms with Crippen LogP contribution >= 0.6 is 7.77 Å². The van der Waals surface area contributed by atoms with Crippen LogP contribution in [0.3, 0.4) is 0 Å². The predicted molar refractivity (Wildman–Crippen MR) is 87.8 cm³/mol. The highest BCUT2D eigenvalue weighted by Crippen LogP contribution is 2.14. The molecular weight excluding hydrogens is 285 g/mol. The summed E-state index contributed by atoms with van der Waals surface area (Å²) in [5.41, 5.74) is 2.20. The maximum Gasteiger partial charge on any atom is 0.274 e. The van der Waals surface area contributed by atoms with Gasteiger partial charge in [0.15, 0.2) is 6.54 Å². The van der Waals surface area contributed by atoms with Crippen molar-refractivity contribution in [3.05, 3.63) is 42.0 Å². The van der Waals surface area contributed by atoms with E-state index in [1.165, 1.54) is 0 Å². The van der Waals surface area contributed by atoms with Crippen LogP contribution in [0.15, 0.2) is 30.8 Å². The van der Waals surface area contributed by atoms with Crippen LogP contribution in [0.4, 0.5) is 0 Å². The van der Waals surface area contributed by atoms with Gasteiger partial charge in [-0.1, -0.05) is 36.9 Å². The smallest absolute Gasteiger partial charge is 0.274 e. The Bertz CT molecular complexity index is 489. The van der Waals surface area contributed by atoms with E-state index in [9.17, 15) is 10.00 Å². The van der Waals surface area contributed by atoms with Crippen LogP contribution in [0.2, 0.25) is 0 Å². The van der Waals surface area contributed by atoms with Crippen LogP contribution < -0.4 is 4.89 Å². The number of nitrogens with zero attached hydrogens (tertiary/aromatic N) is 1. The van der Waals surface area contributed by atoms with Gasteiger partial charge in [0, 0.05) is 0 Å². The molecule has 5 heteroatoms. The molecule has 116 valence electrons. The van der Waals surface area contributed by atoms with E-state index in [1.807, 2.05) is 45.4 Å². The van der Waals surface area contributed by atoms with Gasteiger partial charge in [0.05, 0.1) is 42.1 Å². The lowest BCUT2D eigenvalue weighted by atomic mass is 10.1. The summed E-state index contributed by atoms with van der Waals surface area (Å²) in [6.45, 7) is 4.96. The molecule has 0 fully saturated rings. The number of quaternary nitrogens is 1. The third-order valence-electron chi connectivity index (χ3n) is 2.83. The number of ether oxygens (including phenoxy) is 1. The minimum Gasteiger partial charge on any atom is -0.628 e. The molecule has 21 heavy (non-hydrogen) atoms. The zero-order valence-corrected chi connectivity index (χ0v) is 14.0. The third kappa shape index (κ3) is 7.51. The SMILES string of the molecule is C=Cc1ccc(COCC/[P+]([O-])=C(\O)C[N+](C)(C)C)cc1. The van der Waals surface area contributed by atoms with Gasteiger partial charge >= 0.3 is 0 Å². The predicted octanol–water partition coefficient (Wildman–Crippen LogP) is 1.81. The van der Waals surface area contributed by atoms with Crippen LogP contribution in [0.1, 0.15) is 11.1 Å². The molecule has 1 atom stereocenters. The highest BCUT2D eigenvalue weighted by Gasteiger charge is 2.16. The van der Waals surface area contributed by atoms with Gasteiger partial charge in [0.2, 0.25) is 0 Å². The zero-order valence-electron chi connectivity index (χ0n) is 13.1. The van der Waals surface area contributed by atoms with E-state index in [2.05, 4.69) is 6.58 Å². The van der Waals surface area contributed by atoms with Crippen molar-refractivity contribution in [3.8, 4) is 0 Å². The molecule has 1 N–H and O–H groups in total. The lowest BCUT2D eigenvalue weighted by molar-refractivity contribution is -0.861. The molecule has 0 saturated carbocycles. The molecular formula is C16H25NO3P+. The average Bonchev–Trinajstić information content (AvgIpc) is 2.42.